The van der Waals surface area contributed by atoms with Gasteiger partial charge < -0.3 is 10.5 Å². The van der Waals surface area contributed by atoms with Gasteiger partial charge in [0.15, 0.2) is 0 Å². The molecule has 0 aromatic carbocycles. The fourth-order valence-electron chi connectivity index (χ4n) is 1.64. The summed E-state index contributed by atoms with van der Waals surface area (Å²) in [5.74, 6) is -1.58. The summed E-state index contributed by atoms with van der Waals surface area (Å²) in [4.78, 5) is 22.0. The zero-order valence-corrected chi connectivity index (χ0v) is 6.40. The van der Waals surface area contributed by atoms with Gasteiger partial charge in [-0.25, -0.2) is 0 Å². The summed E-state index contributed by atoms with van der Waals surface area (Å²) in [6.07, 6.45) is 3.94. The summed E-state index contributed by atoms with van der Waals surface area (Å²) in [6, 6.07) is -0.121. The van der Waals surface area contributed by atoms with E-state index in [2.05, 4.69) is 4.74 Å². The first-order valence-electron chi connectivity index (χ1n) is 3.88. The molecule has 2 rings (SSSR count). The van der Waals surface area contributed by atoms with Crippen molar-refractivity contribution >= 4 is 11.9 Å². The average molecular weight is 167 g/mol. The number of carbonyl (C=O) groups excluding carboxylic acids is 2. The van der Waals surface area contributed by atoms with Gasteiger partial charge in [0.2, 0.25) is 0 Å². The van der Waals surface area contributed by atoms with E-state index in [1.165, 1.54) is 0 Å². The van der Waals surface area contributed by atoms with E-state index in [0.29, 0.717) is 6.42 Å². The molecule has 12 heavy (non-hydrogen) atoms. The molecule has 0 saturated carbocycles. The van der Waals surface area contributed by atoms with E-state index in [9.17, 15) is 9.59 Å². The minimum Gasteiger partial charge on any atom is -0.392 e. The van der Waals surface area contributed by atoms with Crippen molar-refractivity contribution in [3.63, 3.8) is 0 Å². The molecule has 64 valence electrons. The van der Waals surface area contributed by atoms with Crippen LogP contribution in [0.25, 0.3) is 0 Å². The predicted molar refractivity (Wildman–Crippen MR) is 39.8 cm³/mol. The Balaban J connectivity index is 2.29. The average Bonchev–Trinajstić information content (AvgIpc) is 2.28. The van der Waals surface area contributed by atoms with Gasteiger partial charge in [-0.05, 0) is 6.42 Å². The summed E-state index contributed by atoms with van der Waals surface area (Å²) in [7, 11) is 0. The monoisotopic (exact) mass is 167 g/mol. The molecule has 0 amide bonds. The second kappa shape index (κ2) is 2.42. The van der Waals surface area contributed by atoms with Crippen LogP contribution < -0.4 is 5.73 Å². The molecule has 1 saturated heterocycles. The molecule has 1 heterocycles. The number of ether oxygens (including phenoxy) is 1. The van der Waals surface area contributed by atoms with Gasteiger partial charge in [-0.15, -0.1) is 0 Å². The lowest BCUT2D eigenvalue weighted by Gasteiger charge is -2.18. The summed E-state index contributed by atoms with van der Waals surface area (Å²) in [5.41, 5.74) is 5.59. The van der Waals surface area contributed by atoms with E-state index in [-0.39, 0.29) is 17.9 Å². The van der Waals surface area contributed by atoms with Crippen molar-refractivity contribution in [2.75, 3.05) is 0 Å². The van der Waals surface area contributed by atoms with Crippen LogP contribution in [-0.4, -0.2) is 18.0 Å². The standard InChI is InChI=1S/C8H9NO3/c9-4-1-2-5-6(3-4)8(11)12-7(5)10/h1-2,4-6H,3,9H2. The number of cyclic esters (lactones) is 2. The molecule has 4 heteroatoms. The first-order valence-corrected chi connectivity index (χ1v) is 3.88. The number of esters is 2. The molecule has 0 spiro atoms. The quantitative estimate of drug-likeness (QED) is 0.302. The largest absolute Gasteiger partial charge is 0.392 e. The summed E-state index contributed by atoms with van der Waals surface area (Å²) >= 11 is 0. The van der Waals surface area contributed by atoms with E-state index in [1.807, 2.05) is 0 Å². The van der Waals surface area contributed by atoms with Gasteiger partial charge in [-0.1, -0.05) is 12.2 Å². The van der Waals surface area contributed by atoms with Crippen molar-refractivity contribution in [2.45, 2.75) is 12.5 Å². The van der Waals surface area contributed by atoms with E-state index in [4.69, 9.17) is 5.73 Å². The third-order valence-electron chi connectivity index (χ3n) is 2.30. The Bertz CT molecular complexity index is 271. The molecular formula is C8H9NO3. The lowest BCUT2D eigenvalue weighted by molar-refractivity contribution is -0.153. The molecule has 3 unspecified atom stereocenters. The maximum atomic E-state index is 11.0. The normalized spacial score (nSPS) is 39.6. The molecule has 1 fully saturated rings. The number of hydrogen-bond acceptors (Lipinski definition) is 4. The highest BCUT2D eigenvalue weighted by molar-refractivity contribution is 5.97. The highest BCUT2D eigenvalue weighted by atomic mass is 16.6. The zero-order chi connectivity index (χ0) is 8.72. The van der Waals surface area contributed by atoms with E-state index >= 15 is 0 Å². The fourth-order valence-corrected chi connectivity index (χ4v) is 1.64. The van der Waals surface area contributed by atoms with Gasteiger partial charge in [-0.2, -0.15) is 0 Å². The molecule has 2 aliphatic rings. The molecule has 0 radical (unpaired) electrons. The van der Waals surface area contributed by atoms with Crippen LogP contribution in [0.15, 0.2) is 12.2 Å². The van der Waals surface area contributed by atoms with Crippen molar-refractivity contribution in [1.82, 2.24) is 0 Å². The van der Waals surface area contributed by atoms with Crippen molar-refractivity contribution in [3.05, 3.63) is 12.2 Å². The molecule has 2 N–H and O–H groups in total. The van der Waals surface area contributed by atoms with Gasteiger partial charge >= 0.3 is 11.9 Å². The van der Waals surface area contributed by atoms with Crippen molar-refractivity contribution in [1.29, 1.82) is 0 Å². The summed E-state index contributed by atoms with van der Waals surface area (Å²) in [6.45, 7) is 0. The van der Waals surface area contributed by atoms with Crippen LogP contribution in [0, 0.1) is 11.8 Å². The van der Waals surface area contributed by atoms with E-state index < -0.39 is 11.9 Å². The van der Waals surface area contributed by atoms with Crippen LogP contribution in [0.5, 0.6) is 0 Å². The topological polar surface area (TPSA) is 69.4 Å². The predicted octanol–water partition coefficient (Wildman–Crippen LogP) is -0.411. The smallest absolute Gasteiger partial charge is 0.321 e. The van der Waals surface area contributed by atoms with Crippen LogP contribution in [-0.2, 0) is 14.3 Å². The van der Waals surface area contributed by atoms with Crippen LogP contribution in [0.2, 0.25) is 0 Å². The third kappa shape index (κ3) is 0.956. The first-order chi connectivity index (χ1) is 5.68. The second-order valence-electron chi connectivity index (χ2n) is 3.16. The number of hydrogen-bond donors (Lipinski definition) is 1. The maximum absolute atomic E-state index is 11.0. The van der Waals surface area contributed by atoms with Crippen LogP contribution in [0.1, 0.15) is 6.42 Å². The molecule has 1 aliphatic carbocycles. The van der Waals surface area contributed by atoms with E-state index in [0.717, 1.165) is 0 Å². The van der Waals surface area contributed by atoms with E-state index in [1.54, 1.807) is 12.2 Å². The molecule has 0 aromatic rings. The highest BCUT2D eigenvalue weighted by Gasteiger charge is 2.44. The molecular weight excluding hydrogens is 158 g/mol. The lowest BCUT2D eigenvalue weighted by atomic mass is 9.84. The minimum absolute atomic E-state index is 0.121. The number of rotatable bonds is 0. The van der Waals surface area contributed by atoms with Crippen LogP contribution >= 0.6 is 0 Å². The Kier molecular flexibility index (Phi) is 1.51. The van der Waals surface area contributed by atoms with Gasteiger partial charge in [0.05, 0.1) is 11.8 Å². The number of fused-ring (bicyclic) bond motifs is 1. The molecule has 4 nitrogen and oxygen atoms in total. The summed E-state index contributed by atoms with van der Waals surface area (Å²) in [5, 5.41) is 0. The number of carbonyl (C=O) groups is 2. The third-order valence-corrected chi connectivity index (χ3v) is 2.30. The maximum Gasteiger partial charge on any atom is 0.321 e. The van der Waals surface area contributed by atoms with Crippen LogP contribution in [0.4, 0.5) is 0 Å². The van der Waals surface area contributed by atoms with Crippen LogP contribution in [0.3, 0.4) is 0 Å². The highest BCUT2D eigenvalue weighted by Crippen LogP contribution is 2.31. The first kappa shape index (κ1) is 7.49. The Hall–Kier alpha value is -1.16. The second-order valence-corrected chi connectivity index (χ2v) is 3.16. The minimum atomic E-state index is -0.437. The molecule has 0 aromatic heterocycles. The zero-order valence-electron chi connectivity index (χ0n) is 6.40. The molecule has 3 atom stereocenters. The number of nitrogens with two attached hydrogens (primary N) is 1. The van der Waals surface area contributed by atoms with Crippen molar-refractivity contribution < 1.29 is 14.3 Å². The lowest BCUT2D eigenvalue weighted by Crippen LogP contribution is -2.30. The van der Waals surface area contributed by atoms with Crippen molar-refractivity contribution in [2.24, 2.45) is 17.6 Å². The van der Waals surface area contributed by atoms with Gasteiger partial charge in [0.1, 0.15) is 0 Å². The Morgan fingerprint density at radius 3 is 2.83 bits per heavy atom. The van der Waals surface area contributed by atoms with Gasteiger partial charge in [-0.3, -0.25) is 9.59 Å². The van der Waals surface area contributed by atoms with Gasteiger partial charge in [0.25, 0.3) is 0 Å². The summed E-state index contributed by atoms with van der Waals surface area (Å²) < 4.78 is 4.47. The SMILES string of the molecule is NC1C=CC2C(=O)OC(=O)C2C1. The fraction of sp³-hybridized carbons (Fsp3) is 0.500. The van der Waals surface area contributed by atoms with Crippen molar-refractivity contribution in [3.8, 4) is 0 Å². The Morgan fingerprint density at radius 2 is 2.08 bits per heavy atom. The molecule has 1 aliphatic heterocycles. The Labute approximate surface area is 69.4 Å². The Morgan fingerprint density at radius 1 is 1.33 bits per heavy atom. The van der Waals surface area contributed by atoms with Gasteiger partial charge in [0, 0.05) is 6.04 Å². The molecule has 0 bridgehead atoms.